The standard InChI is InChI=1S/C11H21BO4/c1-6-7-8(9(13)14)12-15-10(2,3)11(4,5)16-12/h8H,6-7H2,1-5H3,(H,13,14)/t8-/m0/s1. The molecule has 0 bridgehead atoms. The van der Waals surface area contributed by atoms with E-state index in [1.54, 1.807) is 0 Å². The van der Waals surface area contributed by atoms with Crippen LogP contribution in [0.4, 0.5) is 0 Å². The maximum Gasteiger partial charge on any atom is 0.472 e. The van der Waals surface area contributed by atoms with Gasteiger partial charge < -0.3 is 14.4 Å². The van der Waals surface area contributed by atoms with Crippen molar-refractivity contribution in [3.63, 3.8) is 0 Å². The second-order valence-electron chi connectivity index (χ2n) is 5.36. The molecular formula is C11H21BO4. The molecule has 0 spiro atoms. The zero-order chi connectivity index (χ0) is 12.6. The Balaban J connectivity index is 2.80. The van der Waals surface area contributed by atoms with Crippen LogP contribution in [0.2, 0.25) is 5.82 Å². The molecule has 0 amide bonds. The zero-order valence-corrected chi connectivity index (χ0v) is 10.7. The molecule has 4 nitrogen and oxygen atoms in total. The van der Waals surface area contributed by atoms with E-state index in [0.717, 1.165) is 6.42 Å². The normalized spacial score (nSPS) is 24.4. The molecule has 0 radical (unpaired) electrons. The third-order valence-corrected chi connectivity index (χ3v) is 3.52. The van der Waals surface area contributed by atoms with Gasteiger partial charge in [-0.15, -0.1) is 0 Å². The van der Waals surface area contributed by atoms with Crippen molar-refractivity contribution in [2.45, 2.75) is 64.5 Å². The lowest BCUT2D eigenvalue weighted by Gasteiger charge is -2.32. The van der Waals surface area contributed by atoms with Crippen LogP contribution in [0.25, 0.3) is 0 Å². The Hall–Kier alpha value is -0.545. The Morgan fingerprint density at radius 2 is 1.69 bits per heavy atom. The smallest absolute Gasteiger partial charge is 0.472 e. The van der Waals surface area contributed by atoms with Crippen molar-refractivity contribution in [1.82, 2.24) is 0 Å². The first-order valence-corrected chi connectivity index (χ1v) is 5.79. The van der Waals surface area contributed by atoms with Gasteiger partial charge in [-0.1, -0.05) is 13.3 Å². The lowest BCUT2D eigenvalue weighted by molar-refractivity contribution is -0.137. The second kappa shape index (κ2) is 4.38. The summed E-state index contributed by atoms with van der Waals surface area (Å²) in [5.74, 6) is -1.42. The van der Waals surface area contributed by atoms with Crippen molar-refractivity contribution in [3.05, 3.63) is 0 Å². The van der Waals surface area contributed by atoms with Crippen molar-refractivity contribution in [3.8, 4) is 0 Å². The Labute approximate surface area is 97.5 Å². The predicted octanol–water partition coefficient (Wildman–Crippen LogP) is 2.33. The summed E-state index contributed by atoms with van der Waals surface area (Å²) in [6.45, 7) is 9.67. The Morgan fingerprint density at radius 1 is 1.25 bits per heavy atom. The van der Waals surface area contributed by atoms with E-state index >= 15 is 0 Å². The van der Waals surface area contributed by atoms with E-state index in [1.807, 2.05) is 34.6 Å². The molecular weight excluding hydrogens is 207 g/mol. The van der Waals surface area contributed by atoms with Gasteiger partial charge in [0.05, 0.1) is 17.0 Å². The minimum absolute atomic E-state index is 0.459. The highest BCUT2D eigenvalue weighted by molar-refractivity contribution is 6.52. The van der Waals surface area contributed by atoms with E-state index in [0.29, 0.717) is 6.42 Å². The molecule has 16 heavy (non-hydrogen) atoms. The van der Waals surface area contributed by atoms with E-state index in [1.165, 1.54) is 0 Å². The Morgan fingerprint density at radius 3 is 2.00 bits per heavy atom. The van der Waals surface area contributed by atoms with Crippen molar-refractivity contribution in [1.29, 1.82) is 0 Å². The predicted molar refractivity (Wildman–Crippen MR) is 62.4 cm³/mol. The molecule has 1 heterocycles. The molecule has 0 saturated carbocycles. The van der Waals surface area contributed by atoms with Crippen LogP contribution in [0, 0.1) is 0 Å². The van der Waals surface area contributed by atoms with Crippen molar-refractivity contribution in [2.75, 3.05) is 0 Å². The molecule has 0 aromatic heterocycles. The summed E-state index contributed by atoms with van der Waals surface area (Å²) < 4.78 is 11.5. The Bertz CT molecular complexity index is 259. The summed E-state index contributed by atoms with van der Waals surface area (Å²) in [5, 5.41) is 9.15. The first-order chi connectivity index (χ1) is 7.21. The molecule has 1 aliphatic heterocycles. The van der Waals surface area contributed by atoms with Gasteiger partial charge in [-0.3, -0.25) is 4.79 Å². The third kappa shape index (κ3) is 2.41. The highest BCUT2D eigenvalue weighted by Crippen LogP contribution is 2.40. The van der Waals surface area contributed by atoms with Gasteiger partial charge in [0.1, 0.15) is 0 Å². The quantitative estimate of drug-likeness (QED) is 0.750. The largest absolute Gasteiger partial charge is 0.481 e. The van der Waals surface area contributed by atoms with Crippen LogP contribution in [0.15, 0.2) is 0 Å². The van der Waals surface area contributed by atoms with Gasteiger partial charge in [-0.25, -0.2) is 0 Å². The minimum Gasteiger partial charge on any atom is -0.481 e. The molecule has 0 unspecified atom stereocenters. The number of carboxylic acids is 1. The van der Waals surface area contributed by atoms with E-state index < -0.39 is 30.1 Å². The first kappa shape index (κ1) is 13.5. The number of hydrogen-bond donors (Lipinski definition) is 1. The van der Waals surface area contributed by atoms with E-state index in [2.05, 4.69) is 0 Å². The average molecular weight is 228 g/mol. The topological polar surface area (TPSA) is 55.8 Å². The van der Waals surface area contributed by atoms with Crippen LogP contribution >= 0.6 is 0 Å². The van der Waals surface area contributed by atoms with Crippen LogP contribution < -0.4 is 0 Å². The van der Waals surface area contributed by atoms with Crippen LogP contribution in [-0.4, -0.2) is 29.4 Å². The summed E-state index contributed by atoms with van der Waals surface area (Å²) >= 11 is 0. The number of rotatable bonds is 4. The van der Waals surface area contributed by atoms with Crippen molar-refractivity contribution in [2.24, 2.45) is 0 Å². The van der Waals surface area contributed by atoms with Gasteiger partial charge in [0, 0.05) is 0 Å². The molecule has 1 N–H and O–H groups in total. The molecule has 1 atom stereocenters. The SMILES string of the molecule is CCC[C@H](B1OC(C)(C)C(C)(C)O1)C(=O)O. The highest BCUT2D eigenvalue weighted by atomic mass is 16.7. The summed E-state index contributed by atoms with van der Waals surface area (Å²) in [7, 11) is -0.637. The molecule has 1 rings (SSSR count). The maximum absolute atomic E-state index is 11.1. The molecule has 1 fully saturated rings. The average Bonchev–Trinajstić information content (AvgIpc) is 2.31. The lowest BCUT2D eigenvalue weighted by atomic mass is 9.69. The molecule has 0 aromatic carbocycles. The van der Waals surface area contributed by atoms with E-state index in [9.17, 15) is 4.79 Å². The molecule has 0 aliphatic carbocycles. The lowest BCUT2D eigenvalue weighted by Crippen LogP contribution is -2.41. The van der Waals surface area contributed by atoms with Gasteiger partial charge in [0.25, 0.3) is 0 Å². The highest BCUT2D eigenvalue weighted by Gasteiger charge is 2.55. The molecule has 92 valence electrons. The fourth-order valence-corrected chi connectivity index (χ4v) is 1.74. The minimum atomic E-state index is -0.847. The van der Waals surface area contributed by atoms with Gasteiger partial charge >= 0.3 is 13.1 Å². The Kier molecular flexibility index (Phi) is 3.70. The number of aliphatic carboxylic acids is 1. The van der Waals surface area contributed by atoms with E-state index in [-0.39, 0.29) is 0 Å². The second-order valence-corrected chi connectivity index (χ2v) is 5.36. The van der Waals surface area contributed by atoms with Crippen LogP contribution in [0.3, 0.4) is 0 Å². The van der Waals surface area contributed by atoms with Gasteiger partial charge in [-0.05, 0) is 34.1 Å². The monoisotopic (exact) mass is 228 g/mol. The van der Waals surface area contributed by atoms with Crippen molar-refractivity contribution >= 4 is 13.1 Å². The maximum atomic E-state index is 11.1. The first-order valence-electron chi connectivity index (χ1n) is 5.79. The van der Waals surface area contributed by atoms with Gasteiger partial charge in [0.15, 0.2) is 0 Å². The molecule has 1 saturated heterocycles. The summed E-state index contributed by atoms with van der Waals surface area (Å²) in [6.07, 6.45) is 1.38. The molecule has 5 heteroatoms. The summed E-state index contributed by atoms with van der Waals surface area (Å²) in [5.41, 5.74) is -0.918. The van der Waals surface area contributed by atoms with Crippen LogP contribution in [-0.2, 0) is 14.1 Å². The molecule has 1 aliphatic rings. The van der Waals surface area contributed by atoms with E-state index in [4.69, 9.17) is 14.4 Å². The third-order valence-electron chi connectivity index (χ3n) is 3.52. The summed E-state index contributed by atoms with van der Waals surface area (Å²) in [4.78, 5) is 11.1. The molecule has 0 aromatic rings. The number of carbonyl (C=O) groups is 1. The number of carboxylic acid groups (broad SMARTS) is 1. The van der Waals surface area contributed by atoms with Gasteiger partial charge in [-0.2, -0.15) is 0 Å². The van der Waals surface area contributed by atoms with Crippen LogP contribution in [0.1, 0.15) is 47.5 Å². The fraction of sp³-hybridized carbons (Fsp3) is 0.909. The van der Waals surface area contributed by atoms with Crippen LogP contribution in [0.5, 0.6) is 0 Å². The van der Waals surface area contributed by atoms with Gasteiger partial charge in [0.2, 0.25) is 0 Å². The summed E-state index contributed by atoms with van der Waals surface area (Å²) in [6, 6.07) is 0. The number of hydrogen-bond acceptors (Lipinski definition) is 3. The zero-order valence-electron chi connectivity index (χ0n) is 10.7. The fourth-order valence-electron chi connectivity index (χ4n) is 1.74. The van der Waals surface area contributed by atoms with Crippen molar-refractivity contribution < 1.29 is 19.2 Å².